The standard InChI is InChI=1S/C9H14O/c1-2-9(7-8-10)5-3-4-6-9/h3-4,8H,2,5-7H2,1H3. The molecule has 0 saturated carbocycles. The van der Waals surface area contributed by atoms with Gasteiger partial charge in [0, 0.05) is 6.42 Å². The first-order valence-electron chi connectivity index (χ1n) is 3.92. The second-order valence-electron chi connectivity index (χ2n) is 3.10. The average molecular weight is 138 g/mol. The van der Waals surface area contributed by atoms with Gasteiger partial charge in [-0.1, -0.05) is 19.1 Å². The maximum Gasteiger partial charge on any atom is 0.120 e. The van der Waals surface area contributed by atoms with Gasteiger partial charge in [0.2, 0.25) is 0 Å². The SMILES string of the molecule is CCC1(CC=O)CC=CC1. The fourth-order valence-corrected chi connectivity index (χ4v) is 1.53. The largest absolute Gasteiger partial charge is 0.303 e. The zero-order valence-corrected chi connectivity index (χ0v) is 6.47. The fraction of sp³-hybridized carbons (Fsp3) is 0.667. The molecule has 0 bridgehead atoms. The molecule has 1 aliphatic carbocycles. The average Bonchev–Trinajstić information content (AvgIpc) is 2.39. The van der Waals surface area contributed by atoms with E-state index in [-0.39, 0.29) is 0 Å². The quantitative estimate of drug-likeness (QED) is 0.432. The molecule has 0 unspecified atom stereocenters. The van der Waals surface area contributed by atoms with E-state index in [4.69, 9.17) is 0 Å². The minimum Gasteiger partial charge on any atom is -0.303 e. The molecule has 56 valence electrons. The summed E-state index contributed by atoms with van der Waals surface area (Å²) in [5, 5.41) is 0. The Labute approximate surface area is 62.1 Å². The Morgan fingerprint density at radius 2 is 2.10 bits per heavy atom. The summed E-state index contributed by atoms with van der Waals surface area (Å²) in [4.78, 5) is 10.3. The lowest BCUT2D eigenvalue weighted by Crippen LogP contribution is -2.15. The van der Waals surface area contributed by atoms with Crippen molar-refractivity contribution in [1.82, 2.24) is 0 Å². The summed E-state index contributed by atoms with van der Waals surface area (Å²) in [6.45, 7) is 2.16. The molecule has 0 atom stereocenters. The van der Waals surface area contributed by atoms with E-state index in [9.17, 15) is 4.79 Å². The van der Waals surface area contributed by atoms with E-state index in [0.717, 1.165) is 32.0 Å². The lowest BCUT2D eigenvalue weighted by atomic mass is 9.80. The molecule has 0 aromatic heterocycles. The molecule has 0 amide bonds. The number of carbonyl (C=O) groups excluding carboxylic acids is 1. The predicted molar refractivity (Wildman–Crippen MR) is 41.8 cm³/mol. The first kappa shape index (κ1) is 7.52. The number of allylic oxidation sites excluding steroid dienone is 2. The Bertz CT molecular complexity index is 139. The highest BCUT2D eigenvalue weighted by Gasteiger charge is 2.27. The van der Waals surface area contributed by atoms with Gasteiger partial charge in [-0.15, -0.1) is 0 Å². The van der Waals surface area contributed by atoms with Gasteiger partial charge in [-0.2, -0.15) is 0 Å². The zero-order valence-electron chi connectivity index (χ0n) is 6.47. The van der Waals surface area contributed by atoms with Crippen LogP contribution in [0.3, 0.4) is 0 Å². The fourth-order valence-electron chi connectivity index (χ4n) is 1.53. The third kappa shape index (κ3) is 1.28. The van der Waals surface area contributed by atoms with Gasteiger partial charge >= 0.3 is 0 Å². The highest BCUT2D eigenvalue weighted by atomic mass is 16.1. The first-order chi connectivity index (χ1) is 4.83. The second kappa shape index (κ2) is 3.00. The van der Waals surface area contributed by atoms with Crippen molar-refractivity contribution in [1.29, 1.82) is 0 Å². The van der Waals surface area contributed by atoms with Crippen LogP contribution in [0.25, 0.3) is 0 Å². The minimum atomic E-state index is 0.307. The number of aldehydes is 1. The van der Waals surface area contributed by atoms with Crippen LogP contribution >= 0.6 is 0 Å². The Balaban J connectivity index is 2.51. The van der Waals surface area contributed by atoms with Crippen LogP contribution in [0.2, 0.25) is 0 Å². The molecular formula is C9H14O. The molecule has 0 aromatic rings. The van der Waals surface area contributed by atoms with Crippen LogP contribution < -0.4 is 0 Å². The Kier molecular flexibility index (Phi) is 2.25. The molecule has 0 radical (unpaired) electrons. The third-order valence-electron chi connectivity index (χ3n) is 2.53. The lowest BCUT2D eigenvalue weighted by molar-refractivity contribution is -0.109. The maximum atomic E-state index is 10.3. The van der Waals surface area contributed by atoms with Crippen molar-refractivity contribution in [2.75, 3.05) is 0 Å². The number of rotatable bonds is 3. The highest BCUT2D eigenvalue weighted by molar-refractivity contribution is 5.51. The molecule has 0 heterocycles. The van der Waals surface area contributed by atoms with Gasteiger partial charge in [-0.05, 0) is 24.7 Å². The second-order valence-corrected chi connectivity index (χ2v) is 3.10. The van der Waals surface area contributed by atoms with E-state index in [2.05, 4.69) is 19.1 Å². The van der Waals surface area contributed by atoms with Gasteiger partial charge in [-0.25, -0.2) is 0 Å². The van der Waals surface area contributed by atoms with Crippen LogP contribution in [0, 0.1) is 5.41 Å². The van der Waals surface area contributed by atoms with Crippen molar-refractivity contribution in [3.05, 3.63) is 12.2 Å². The molecule has 0 N–H and O–H groups in total. The summed E-state index contributed by atoms with van der Waals surface area (Å²) in [6, 6.07) is 0. The van der Waals surface area contributed by atoms with Gasteiger partial charge in [0.1, 0.15) is 6.29 Å². The molecule has 1 heteroatoms. The van der Waals surface area contributed by atoms with Crippen molar-refractivity contribution >= 4 is 6.29 Å². The van der Waals surface area contributed by atoms with Crippen molar-refractivity contribution in [2.45, 2.75) is 32.6 Å². The molecule has 0 fully saturated rings. The van der Waals surface area contributed by atoms with Crippen molar-refractivity contribution < 1.29 is 4.79 Å². The van der Waals surface area contributed by atoms with E-state index >= 15 is 0 Å². The van der Waals surface area contributed by atoms with Gasteiger partial charge < -0.3 is 4.79 Å². The molecule has 1 aliphatic rings. The Morgan fingerprint density at radius 1 is 1.50 bits per heavy atom. The Morgan fingerprint density at radius 3 is 2.50 bits per heavy atom. The lowest BCUT2D eigenvalue weighted by Gasteiger charge is -2.24. The molecule has 10 heavy (non-hydrogen) atoms. The molecule has 0 aliphatic heterocycles. The molecule has 1 rings (SSSR count). The number of hydrogen-bond donors (Lipinski definition) is 0. The van der Waals surface area contributed by atoms with E-state index in [1.165, 1.54) is 0 Å². The summed E-state index contributed by atoms with van der Waals surface area (Å²) in [7, 11) is 0. The summed E-state index contributed by atoms with van der Waals surface area (Å²) in [5.41, 5.74) is 0.307. The van der Waals surface area contributed by atoms with E-state index in [1.807, 2.05) is 0 Å². The van der Waals surface area contributed by atoms with Crippen molar-refractivity contribution in [3.63, 3.8) is 0 Å². The molecule has 1 nitrogen and oxygen atoms in total. The summed E-state index contributed by atoms with van der Waals surface area (Å²) in [6.07, 6.45) is 9.48. The number of carbonyl (C=O) groups is 1. The van der Waals surface area contributed by atoms with E-state index in [1.54, 1.807) is 0 Å². The minimum absolute atomic E-state index is 0.307. The van der Waals surface area contributed by atoms with Crippen molar-refractivity contribution in [2.24, 2.45) is 5.41 Å². The molecular weight excluding hydrogens is 124 g/mol. The van der Waals surface area contributed by atoms with Crippen LogP contribution in [0.5, 0.6) is 0 Å². The van der Waals surface area contributed by atoms with E-state index in [0.29, 0.717) is 5.41 Å². The first-order valence-corrected chi connectivity index (χ1v) is 3.92. The monoisotopic (exact) mass is 138 g/mol. The third-order valence-corrected chi connectivity index (χ3v) is 2.53. The molecule has 0 saturated heterocycles. The van der Waals surface area contributed by atoms with Crippen LogP contribution in [0.4, 0.5) is 0 Å². The summed E-state index contributed by atoms with van der Waals surface area (Å²) in [5.74, 6) is 0. The van der Waals surface area contributed by atoms with Crippen LogP contribution in [-0.4, -0.2) is 6.29 Å². The normalized spacial score (nSPS) is 21.3. The maximum absolute atomic E-state index is 10.3. The van der Waals surface area contributed by atoms with Gasteiger partial charge in [0.05, 0.1) is 0 Å². The van der Waals surface area contributed by atoms with Crippen LogP contribution in [0.15, 0.2) is 12.2 Å². The zero-order chi connectivity index (χ0) is 7.45. The van der Waals surface area contributed by atoms with Crippen LogP contribution in [-0.2, 0) is 4.79 Å². The van der Waals surface area contributed by atoms with Crippen molar-refractivity contribution in [3.8, 4) is 0 Å². The van der Waals surface area contributed by atoms with Gasteiger partial charge in [-0.3, -0.25) is 0 Å². The predicted octanol–water partition coefficient (Wildman–Crippen LogP) is 2.32. The van der Waals surface area contributed by atoms with E-state index < -0.39 is 0 Å². The molecule has 0 spiro atoms. The topological polar surface area (TPSA) is 17.1 Å². The van der Waals surface area contributed by atoms with Gasteiger partial charge in [0.15, 0.2) is 0 Å². The van der Waals surface area contributed by atoms with Gasteiger partial charge in [0.25, 0.3) is 0 Å². The summed E-state index contributed by atoms with van der Waals surface area (Å²) < 4.78 is 0. The molecule has 0 aromatic carbocycles. The smallest absolute Gasteiger partial charge is 0.120 e. The number of hydrogen-bond acceptors (Lipinski definition) is 1. The Hall–Kier alpha value is -0.590. The van der Waals surface area contributed by atoms with Crippen LogP contribution in [0.1, 0.15) is 32.6 Å². The highest BCUT2D eigenvalue weighted by Crippen LogP contribution is 2.38. The summed E-state index contributed by atoms with van der Waals surface area (Å²) >= 11 is 0.